The summed E-state index contributed by atoms with van der Waals surface area (Å²) in [6, 6.07) is 26.5. The Morgan fingerprint density at radius 3 is 2.22 bits per heavy atom. The molecule has 3 heterocycles. The van der Waals surface area contributed by atoms with Crippen molar-refractivity contribution in [3.05, 3.63) is 125 Å². The molecule has 7 nitrogen and oxygen atoms in total. The summed E-state index contributed by atoms with van der Waals surface area (Å²) in [6.07, 6.45) is -2.94. The predicted octanol–water partition coefficient (Wildman–Crippen LogP) is 6.70. The fourth-order valence-corrected chi connectivity index (χ4v) is 7.55. The van der Waals surface area contributed by atoms with Gasteiger partial charge in [-0.2, -0.15) is 13.2 Å². The minimum absolute atomic E-state index is 0.0551. The number of rotatable bonds is 9. The molecule has 3 aliphatic rings. The number of anilines is 1. The number of piperazine rings is 1. The summed E-state index contributed by atoms with van der Waals surface area (Å²) < 4.78 is 59.7. The molecule has 1 N–H and O–H groups in total. The van der Waals surface area contributed by atoms with Crippen molar-refractivity contribution in [2.75, 3.05) is 50.7 Å². The third-order valence-corrected chi connectivity index (χ3v) is 10.0. The molecule has 3 aliphatic heterocycles. The minimum Gasteiger partial charge on any atom is -0.457 e. The molecular formula is C39H38F4N4O3. The van der Waals surface area contributed by atoms with Crippen LogP contribution in [0.3, 0.4) is 0 Å². The first-order valence-corrected chi connectivity index (χ1v) is 17.0. The zero-order chi connectivity index (χ0) is 34.9. The van der Waals surface area contributed by atoms with Gasteiger partial charge < -0.3 is 19.9 Å². The van der Waals surface area contributed by atoms with E-state index in [1.165, 1.54) is 12.1 Å². The molecule has 0 aromatic heterocycles. The Morgan fingerprint density at radius 2 is 1.54 bits per heavy atom. The number of hydrogen-bond donors (Lipinski definition) is 1. The maximum Gasteiger partial charge on any atom is 0.405 e. The molecule has 11 heteroatoms. The molecule has 7 rings (SSSR count). The van der Waals surface area contributed by atoms with Crippen molar-refractivity contribution in [2.24, 2.45) is 0 Å². The molecule has 2 amide bonds. The molecule has 0 atom stereocenters. The number of nitrogens with one attached hydrogen (secondary N) is 1. The number of hydrogen-bond acceptors (Lipinski definition) is 5. The lowest BCUT2D eigenvalue weighted by atomic mass is 9.68. The Bertz CT molecular complexity index is 1840. The number of carbonyl (C=O) groups excluding carboxylic acids is 2. The quantitative estimate of drug-likeness (QED) is 0.199. The van der Waals surface area contributed by atoms with E-state index in [0.717, 1.165) is 49.4 Å². The standard InChI is InChI=1S/C39H38F4N4O3/c40-29-8-5-7-27(23-29)25-47-18-15-28-13-14-30(24-31(28)36(47)48)46-21-19-45(20-22-46)17-6-16-38(37(49)44-26-39(41,42)43)32-9-1-3-11-34(32)50-35-12-4-2-10-33(35)38/h1-5,7-14,23-24H,6,15-22,25-26H2,(H,44,49). The van der Waals surface area contributed by atoms with Crippen molar-refractivity contribution < 1.29 is 31.9 Å². The number of alkyl halides is 3. The highest BCUT2D eigenvalue weighted by Crippen LogP contribution is 2.50. The second kappa shape index (κ2) is 13.8. The number of amides is 2. The van der Waals surface area contributed by atoms with Gasteiger partial charge in [-0.05, 0) is 73.3 Å². The largest absolute Gasteiger partial charge is 0.457 e. The molecule has 4 aromatic carbocycles. The number of para-hydroxylation sites is 2. The van der Waals surface area contributed by atoms with Crippen molar-refractivity contribution in [1.82, 2.24) is 15.1 Å². The Kier molecular flexibility index (Phi) is 9.26. The summed E-state index contributed by atoms with van der Waals surface area (Å²) in [4.78, 5) is 33.7. The van der Waals surface area contributed by atoms with Gasteiger partial charge in [0.05, 0.1) is 0 Å². The SMILES string of the molecule is O=C1c2cc(N3CCN(CCCC4(C(=O)NCC(F)(F)F)c5ccccc5Oc5ccccc54)CC3)ccc2CCN1Cc1cccc(F)c1. The van der Waals surface area contributed by atoms with Crippen LogP contribution in [0.4, 0.5) is 23.2 Å². The smallest absolute Gasteiger partial charge is 0.405 e. The van der Waals surface area contributed by atoms with E-state index < -0.39 is 24.0 Å². The van der Waals surface area contributed by atoms with Gasteiger partial charge in [-0.3, -0.25) is 14.5 Å². The molecule has 4 aromatic rings. The second-order valence-electron chi connectivity index (χ2n) is 13.2. The average molecular weight is 687 g/mol. The van der Waals surface area contributed by atoms with E-state index >= 15 is 0 Å². The van der Waals surface area contributed by atoms with Gasteiger partial charge in [0.25, 0.3) is 5.91 Å². The molecular weight excluding hydrogens is 648 g/mol. The van der Waals surface area contributed by atoms with E-state index in [1.807, 2.05) is 18.2 Å². The van der Waals surface area contributed by atoms with Crippen molar-refractivity contribution in [3.8, 4) is 11.5 Å². The van der Waals surface area contributed by atoms with Gasteiger partial charge in [-0.25, -0.2) is 4.39 Å². The first-order valence-electron chi connectivity index (χ1n) is 17.0. The van der Waals surface area contributed by atoms with Crippen LogP contribution in [0, 0.1) is 5.82 Å². The monoisotopic (exact) mass is 686 g/mol. The number of ether oxygens (including phenoxy) is 1. The zero-order valence-corrected chi connectivity index (χ0v) is 27.5. The van der Waals surface area contributed by atoms with Crippen LogP contribution in [0.15, 0.2) is 91.0 Å². The van der Waals surface area contributed by atoms with E-state index in [4.69, 9.17) is 4.74 Å². The van der Waals surface area contributed by atoms with E-state index in [1.54, 1.807) is 59.5 Å². The van der Waals surface area contributed by atoms with Crippen LogP contribution in [0.2, 0.25) is 0 Å². The highest BCUT2D eigenvalue weighted by atomic mass is 19.4. The second-order valence-corrected chi connectivity index (χ2v) is 13.2. The van der Waals surface area contributed by atoms with Crippen molar-refractivity contribution in [1.29, 1.82) is 0 Å². The maximum atomic E-state index is 13.9. The highest BCUT2D eigenvalue weighted by Gasteiger charge is 2.48. The molecule has 0 spiro atoms. The molecule has 0 radical (unpaired) electrons. The Morgan fingerprint density at radius 1 is 0.840 bits per heavy atom. The van der Waals surface area contributed by atoms with E-state index in [0.29, 0.717) is 60.7 Å². The van der Waals surface area contributed by atoms with Gasteiger partial charge in [-0.15, -0.1) is 0 Å². The van der Waals surface area contributed by atoms with Gasteiger partial charge >= 0.3 is 6.18 Å². The van der Waals surface area contributed by atoms with E-state index in [2.05, 4.69) is 21.2 Å². The Hall–Kier alpha value is -4.90. The molecule has 0 saturated carbocycles. The van der Waals surface area contributed by atoms with Crippen LogP contribution in [-0.2, 0) is 23.2 Å². The molecule has 1 fully saturated rings. The first-order chi connectivity index (χ1) is 24.1. The molecule has 0 unspecified atom stereocenters. The third kappa shape index (κ3) is 6.79. The Balaban J connectivity index is 1.02. The molecule has 0 bridgehead atoms. The number of benzene rings is 4. The van der Waals surface area contributed by atoms with E-state index in [9.17, 15) is 27.2 Å². The van der Waals surface area contributed by atoms with Crippen LogP contribution in [0.1, 0.15) is 45.5 Å². The number of halogens is 4. The number of nitrogens with zero attached hydrogens (tertiary/aromatic N) is 3. The molecule has 260 valence electrons. The number of fused-ring (bicyclic) bond motifs is 3. The van der Waals surface area contributed by atoms with Crippen LogP contribution in [-0.4, -0.2) is 73.6 Å². The van der Waals surface area contributed by atoms with Crippen molar-refractivity contribution in [3.63, 3.8) is 0 Å². The van der Waals surface area contributed by atoms with Crippen LogP contribution in [0.25, 0.3) is 0 Å². The lowest BCUT2D eigenvalue weighted by molar-refractivity contribution is -0.141. The van der Waals surface area contributed by atoms with Crippen molar-refractivity contribution in [2.45, 2.75) is 37.4 Å². The summed E-state index contributed by atoms with van der Waals surface area (Å²) in [5.41, 5.74) is 3.18. The third-order valence-electron chi connectivity index (χ3n) is 10.0. The first kappa shape index (κ1) is 33.6. The maximum absolute atomic E-state index is 13.9. The Labute approximate surface area is 288 Å². The van der Waals surface area contributed by atoms with Gasteiger partial charge in [0, 0.05) is 61.6 Å². The lowest BCUT2D eigenvalue weighted by Gasteiger charge is -2.40. The summed E-state index contributed by atoms with van der Waals surface area (Å²) in [5, 5.41) is 2.19. The fraction of sp³-hybridized carbons (Fsp3) is 0.333. The van der Waals surface area contributed by atoms with E-state index in [-0.39, 0.29) is 11.7 Å². The summed E-state index contributed by atoms with van der Waals surface area (Å²) in [7, 11) is 0. The zero-order valence-electron chi connectivity index (χ0n) is 27.5. The van der Waals surface area contributed by atoms with Gasteiger partial charge in [0.1, 0.15) is 29.3 Å². The van der Waals surface area contributed by atoms with Gasteiger partial charge in [-0.1, -0.05) is 54.6 Å². The fourth-order valence-electron chi connectivity index (χ4n) is 7.55. The minimum atomic E-state index is -4.55. The molecule has 1 saturated heterocycles. The van der Waals surface area contributed by atoms with Crippen LogP contribution in [0.5, 0.6) is 11.5 Å². The van der Waals surface area contributed by atoms with Gasteiger partial charge in [0.15, 0.2) is 0 Å². The van der Waals surface area contributed by atoms with Gasteiger partial charge in [0.2, 0.25) is 5.91 Å². The lowest BCUT2D eigenvalue weighted by Crippen LogP contribution is -2.50. The molecule has 50 heavy (non-hydrogen) atoms. The topological polar surface area (TPSA) is 65.1 Å². The normalized spacial score (nSPS) is 17.0. The van der Waals surface area contributed by atoms with Crippen LogP contribution < -0.4 is 15.0 Å². The predicted molar refractivity (Wildman–Crippen MR) is 182 cm³/mol. The summed E-state index contributed by atoms with van der Waals surface area (Å²) in [5.74, 6) is -0.149. The average Bonchev–Trinajstić information content (AvgIpc) is 3.11. The summed E-state index contributed by atoms with van der Waals surface area (Å²) >= 11 is 0. The summed E-state index contributed by atoms with van der Waals surface area (Å²) in [6.45, 7) is 3.14. The van der Waals surface area contributed by atoms with Crippen molar-refractivity contribution >= 4 is 17.5 Å². The van der Waals surface area contributed by atoms with Crippen LogP contribution >= 0.6 is 0 Å². The number of carbonyl (C=O) groups is 2. The highest BCUT2D eigenvalue weighted by molar-refractivity contribution is 5.98. The molecule has 0 aliphatic carbocycles.